The first-order valence-corrected chi connectivity index (χ1v) is 10.9. The minimum absolute atomic E-state index is 0.0344. The van der Waals surface area contributed by atoms with Crippen LogP contribution in [0.2, 0.25) is 0 Å². The van der Waals surface area contributed by atoms with Gasteiger partial charge in [-0.05, 0) is 32.7 Å². The summed E-state index contributed by atoms with van der Waals surface area (Å²) in [7, 11) is 0. The number of rotatable bonds is 16. The van der Waals surface area contributed by atoms with Crippen molar-refractivity contribution in [3.63, 3.8) is 0 Å². The van der Waals surface area contributed by atoms with E-state index in [2.05, 4.69) is 25.9 Å². The summed E-state index contributed by atoms with van der Waals surface area (Å²) in [6.45, 7) is 1.52. The predicted octanol–water partition coefficient (Wildman–Crippen LogP) is -3.20. The lowest BCUT2D eigenvalue weighted by atomic mass is 10.1. The molecule has 0 aliphatic rings. The monoisotopic (exact) mass is 499 g/mol. The summed E-state index contributed by atoms with van der Waals surface area (Å²) in [5, 5.41) is 35.1. The number of aliphatic hydroxyl groups is 1. The van der Waals surface area contributed by atoms with Crippen LogP contribution in [0.3, 0.4) is 0 Å². The highest BCUT2D eigenvalue weighted by molar-refractivity contribution is 5.95. The molecule has 0 aliphatic carbocycles. The number of imidazole rings is 1. The lowest BCUT2D eigenvalue weighted by Gasteiger charge is -2.26. The Kier molecular flexibility index (Phi) is 12.3. The van der Waals surface area contributed by atoms with Crippen molar-refractivity contribution < 1.29 is 39.3 Å². The van der Waals surface area contributed by atoms with Crippen molar-refractivity contribution in [3.8, 4) is 0 Å². The molecule has 11 N–H and O–H groups in total. The highest BCUT2D eigenvalue weighted by Crippen LogP contribution is 2.05. The van der Waals surface area contributed by atoms with Crippen LogP contribution >= 0.6 is 0 Å². The van der Waals surface area contributed by atoms with E-state index in [0.717, 1.165) is 0 Å². The number of aromatic amines is 1. The number of aromatic nitrogens is 2. The topological polar surface area (TPSA) is 263 Å². The van der Waals surface area contributed by atoms with E-state index in [9.17, 15) is 34.2 Å². The van der Waals surface area contributed by atoms with Crippen molar-refractivity contribution in [2.75, 3.05) is 6.54 Å². The average molecular weight is 500 g/mol. The Morgan fingerprint density at radius 1 is 1.03 bits per heavy atom. The number of unbranched alkanes of at least 4 members (excludes halogenated alkanes) is 1. The Balaban J connectivity index is 2.88. The zero-order valence-electron chi connectivity index (χ0n) is 19.3. The minimum atomic E-state index is -1.62. The maximum Gasteiger partial charge on any atom is 0.326 e. The van der Waals surface area contributed by atoms with Crippen molar-refractivity contribution in [2.24, 2.45) is 11.5 Å². The van der Waals surface area contributed by atoms with Crippen LogP contribution in [0.4, 0.5) is 0 Å². The summed E-state index contributed by atoms with van der Waals surface area (Å²) in [4.78, 5) is 67.0. The minimum Gasteiger partial charge on any atom is -0.481 e. The molecule has 3 amide bonds. The zero-order chi connectivity index (χ0) is 26.5. The number of carbonyl (C=O) groups excluding carboxylic acids is 3. The maximum absolute atomic E-state index is 12.7. The number of carboxylic acid groups (broad SMARTS) is 2. The molecule has 0 fully saturated rings. The van der Waals surface area contributed by atoms with Gasteiger partial charge in [-0.25, -0.2) is 9.78 Å². The fraction of sp³-hybridized carbons (Fsp3) is 0.600. The first kappa shape index (κ1) is 29.5. The Morgan fingerprint density at radius 3 is 2.20 bits per heavy atom. The van der Waals surface area contributed by atoms with Gasteiger partial charge in [-0.3, -0.25) is 19.2 Å². The Labute approximate surface area is 201 Å². The standard InChI is InChI=1S/C20H33N7O8/c1-10(28)16(19(33)25-13(20(34)35)4-2-3-5-21)27-18(32)14(7-15(29)30)26-17(31)12(22)6-11-8-23-9-24-11/h8-10,12-14,16,28H,2-7,21-22H2,1H3,(H,23,24)(H,25,33)(H,26,31)(H,27,32)(H,29,30)(H,34,35). The summed E-state index contributed by atoms with van der Waals surface area (Å²) in [5.41, 5.74) is 11.7. The molecule has 0 radical (unpaired) electrons. The highest BCUT2D eigenvalue weighted by atomic mass is 16.4. The van der Waals surface area contributed by atoms with E-state index in [4.69, 9.17) is 16.6 Å². The van der Waals surface area contributed by atoms with E-state index < -0.39 is 66.4 Å². The third kappa shape index (κ3) is 10.5. The van der Waals surface area contributed by atoms with Crippen LogP contribution in [0.25, 0.3) is 0 Å². The van der Waals surface area contributed by atoms with Gasteiger partial charge in [0, 0.05) is 18.3 Å². The van der Waals surface area contributed by atoms with Crippen molar-refractivity contribution in [3.05, 3.63) is 18.2 Å². The largest absolute Gasteiger partial charge is 0.481 e. The van der Waals surface area contributed by atoms with Gasteiger partial charge in [-0.1, -0.05) is 0 Å². The first-order chi connectivity index (χ1) is 16.5. The number of nitrogens with zero attached hydrogens (tertiary/aromatic N) is 1. The number of nitrogens with one attached hydrogen (secondary N) is 4. The number of amides is 3. The van der Waals surface area contributed by atoms with Crippen LogP contribution in [0.1, 0.15) is 38.3 Å². The van der Waals surface area contributed by atoms with E-state index in [1.807, 2.05) is 0 Å². The Morgan fingerprint density at radius 2 is 1.69 bits per heavy atom. The molecule has 0 saturated carbocycles. The fourth-order valence-corrected chi connectivity index (χ4v) is 3.06. The summed E-state index contributed by atoms with van der Waals surface area (Å²) < 4.78 is 0. The summed E-state index contributed by atoms with van der Waals surface area (Å²) >= 11 is 0. The smallest absolute Gasteiger partial charge is 0.326 e. The second-order valence-electron chi connectivity index (χ2n) is 7.96. The Hall–Kier alpha value is -3.56. The molecule has 1 heterocycles. The maximum atomic E-state index is 12.7. The predicted molar refractivity (Wildman–Crippen MR) is 121 cm³/mol. The van der Waals surface area contributed by atoms with Gasteiger partial charge in [0.2, 0.25) is 17.7 Å². The molecule has 5 atom stereocenters. The van der Waals surface area contributed by atoms with E-state index in [0.29, 0.717) is 25.1 Å². The lowest BCUT2D eigenvalue weighted by Crippen LogP contribution is -2.60. The van der Waals surface area contributed by atoms with Gasteiger partial charge < -0.3 is 47.7 Å². The molecule has 35 heavy (non-hydrogen) atoms. The van der Waals surface area contributed by atoms with Gasteiger partial charge in [-0.2, -0.15) is 0 Å². The molecule has 15 heteroatoms. The van der Waals surface area contributed by atoms with Crippen LogP contribution in [0.5, 0.6) is 0 Å². The number of H-pyrrole nitrogens is 1. The van der Waals surface area contributed by atoms with Crippen LogP contribution in [0.15, 0.2) is 12.5 Å². The van der Waals surface area contributed by atoms with Crippen molar-refractivity contribution in [1.82, 2.24) is 25.9 Å². The molecule has 0 bridgehead atoms. The van der Waals surface area contributed by atoms with Gasteiger partial charge >= 0.3 is 11.9 Å². The van der Waals surface area contributed by atoms with Gasteiger partial charge in [0.25, 0.3) is 0 Å². The number of hydrogen-bond acceptors (Lipinski definition) is 9. The number of aliphatic carboxylic acids is 2. The van der Waals surface area contributed by atoms with E-state index in [1.54, 1.807) is 0 Å². The van der Waals surface area contributed by atoms with Crippen LogP contribution < -0.4 is 27.4 Å². The summed E-state index contributed by atoms with van der Waals surface area (Å²) in [6.07, 6.45) is 1.59. The fourth-order valence-electron chi connectivity index (χ4n) is 3.06. The van der Waals surface area contributed by atoms with Gasteiger partial charge in [0.1, 0.15) is 18.1 Å². The van der Waals surface area contributed by atoms with Crippen LogP contribution in [-0.4, -0.2) is 91.8 Å². The molecule has 1 aromatic rings. The van der Waals surface area contributed by atoms with E-state index in [1.165, 1.54) is 19.4 Å². The molecule has 0 aromatic carbocycles. The average Bonchev–Trinajstić information content (AvgIpc) is 3.28. The van der Waals surface area contributed by atoms with Crippen LogP contribution in [-0.2, 0) is 30.4 Å². The number of aliphatic hydroxyl groups excluding tert-OH is 1. The number of carbonyl (C=O) groups is 5. The third-order valence-electron chi connectivity index (χ3n) is 4.97. The molecule has 196 valence electrons. The van der Waals surface area contributed by atoms with Crippen LogP contribution in [0, 0.1) is 0 Å². The number of hydrogen-bond donors (Lipinski definition) is 9. The quantitative estimate of drug-likeness (QED) is 0.102. The molecule has 15 nitrogen and oxygen atoms in total. The van der Waals surface area contributed by atoms with Gasteiger partial charge in [-0.15, -0.1) is 0 Å². The molecule has 1 rings (SSSR count). The summed E-state index contributed by atoms with van der Waals surface area (Å²) in [6, 6.07) is -5.67. The zero-order valence-corrected chi connectivity index (χ0v) is 19.3. The second-order valence-corrected chi connectivity index (χ2v) is 7.96. The molecule has 0 spiro atoms. The highest BCUT2D eigenvalue weighted by Gasteiger charge is 2.33. The lowest BCUT2D eigenvalue weighted by molar-refractivity contribution is -0.144. The van der Waals surface area contributed by atoms with E-state index >= 15 is 0 Å². The molecular weight excluding hydrogens is 466 g/mol. The molecule has 0 aliphatic heterocycles. The normalized spacial score (nSPS) is 15.2. The van der Waals surface area contributed by atoms with Crippen molar-refractivity contribution >= 4 is 29.7 Å². The molecule has 1 aromatic heterocycles. The number of carboxylic acids is 2. The molecule has 0 saturated heterocycles. The number of nitrogens with two attached hydrogens (primary N) is 2. The SMILES string of the molecule is CC(O)C(NC(=O)C(CC(=O)O)NC(=O)C(N)Cc1cnc[nH]1)C(=O)NC(CCCCN)C(=O)O. The van der Waals surface area contributed by atoms with Crippen molar-refractivity contribution in [2.45, 2.75) is 69.3 Å². The Bertz CT molecular complexity index is 862. The third-order valence-corrected chi connectivity index (χ3v) is 4.97. The van der Waals surface area contributed by atoms with E-state index in [-0.39, 0.29) is 12.8 Å². The molecule has 5 unspecified atom stereocenters. The van der Waals surface area contributed by atoms with Gasteiger partial charge in [0.15, 0.2) is 0 Å². The molecular formula is C20H33N7O8. The second kappa shape index (κ2) is 14.6. The summed E-state index contributed by atoms with van der Waals surface area (Å²) in [5.74, 6) is -5.63. The first-order valence-electron chi connectivity index (χ1n) is 10.9. The van der Waals surface area contributed by atoms with Crippen molar-refractivity contribution in [1.29, 1.82) is 0 Å². The van der Waals surface area contributed by atoms with Gasteiger partial charge in [0.05, 0.1) is 24.9 Å².